The third kappa shape index (κ3) is 9.61. The number of allylic oxidation sites excluding steroid dienone is 4. The Labute approximate surface area is 352 Å². The molecule has 0 radical (unpaired) electrons. The van der Waals surface area contributed by atoms with Crippen molar-refractivity contribution in [3.05, 3.63) is 36.0 Å². The van der Waals surface area contributed by atoms with Crippen molar-refractivity contribution in [2.24, 2.45) is 40.4 Å². The summed E-state index contributed by atoms with van der Waals surface area (Å²) in [4.78, 5) is 0. The highest BCUT2D eigenvalue weighted by Crippen LogP contribution is 2.67. The molecule has 0 aromatic rings. The molecule has 9 atom stereocenters. The van der Waals surface area contributed by atoms with E-state index in [4.69, 9.17) is 13.3 Å². The fourth-order valence-corrected chi connectivity index (χ4v) is 22.6. The molecular weight excluding hydrogens is 733 g/mol. The zero-order valence-corrected chi connectivity index (χ0v) is 42.8. The van der Waals surface area contributed by atoms with Crippen LogP contribution in [0.2, 0.25) is 54.4 Å². The summed E-state index contributed by atoms with van der Waals surface area (Å²) in [7, 11) is -5.35. The number of unbranched alkanes of at least 4 members (excludes halogenated alkanes) is 1. The van der Waals surface area contributed by atoms with Crippen LogP contribution in [0.5, 0.6) is 0 Å². The highest BCUT2D eigenvalue weighted by atomic mass is 28.4. The molecule has 56 heavy (non-hydrogen) atoms. The molecule has 0 aromatic carbocycles. The quantitative estimate of drug-likeness (QED) is 0.0551. The molecule has 0 aliphatic heterocycles. The average Bonchev–Trinajstić information content (AvgIpc) is 3.56. The summed E-state index contributed by atoms with van der Waals surface area (Å²) in [6.07, 6.45) is 21.8. The van der Waals surface area contributed by atoms with Crippen LogP contribution in [0, 0.1) is 40.4 Å². The fraction of sp³-hybridized carbons (Fsp3) is 0.880. The Hall–Kier alpha value is -0.249. The minimum atomic E-state index is -1.92. The molecular formula is C50H94O3Si3. The third-order valence-electron chi connectivity index (χ3n) is 18.1. The summed E-state index contributed by atoms with van der Waals surface area (Å²) in [5, 5.41) is 0. The number of fused-ring (bicyclic) bond motifs is 5. The van der Waals surface area contributed by atoms with Crippen molar-refractivity contribution in [2.75, 3.05) is 0 Å². The largest absolute Gasteiger partial charge is 0.413 e. The molecule has 4 aliphatic carbocycles. The molecule has 4 aliphatic rings. The van der Waals surface area contributed by atoms with E-state index >= 15 is 0 Å². The first-order valence-corrected chi connectivity index (χ1v) is 32.2. The Bertz CT molecular complexity index is 1290. The molecule has 0 amide bonds. The fourth-order valence-electron chi connectivity index (χ4n) is 13.5. The van der Waals surface area contributed by atoms with Gasteiger partial charge in [0.05, 0.1) is 17.8 Å². The first-order chi connectivity index (χ1) is 26.6. The average molecular weight is 828 g/mol. The number of hydrogen-bond acceptors (Lipinski definition) is 3. The maximum atomic E-state index is 8.03. The van der Waals surface area contributed by atoms with E-state index < -0.39 is 25.0 Å². The van der Waals surface area contributed by atoms with Gasteiger partial charge in [0.25, 0.3) is 0 Å². The van der Waals surface area contributed by atoms with Crippen molar-refractivity contribution in [3.63, 3.8) is 0 Å². The molecule has 0 spiro atoms. The topological polar surface area (TPSA) is 27.7 Å². The molecule has 6 heteroatoms. The molecule has 324 valence electrons. The predicted molar refractivity (Wildman–Crippen MR) is 253 cm³/mol. The Balaban J connectivity index is 1.66. The lowest BCUT2D eigenvalue weighted by Crippen LogP contribution is -2.61. The Morgan fingerprint density at radius 3 is 1.89 bits per heavy atom. The molecule has 0 bridgehead atoms. The maximum absolute atomic E-state index is 8.03. The summed E-state index contributed by atoms with van der Waals surface area (Å²) in [6, 6.07) is 11.0. The van der Waals surface area contributed by atoms with Crippen molar-refractivity contribution < 1.29 is 13.3 Å². The predicted octanol–water partition coefficient (Wildman–Crippen LogP) is 16.1. The third-order valence-corrected chi connectivity index (χ3v) is 32.2. The molecule has 3 nitrogen and oxygen atoms in total. The van der Waals surface area contributed by atoms with Gasteiger partial charge in [-0.1, -0.05) is 125 Å². The smallest absolute Gasteiger partial charge is 0.192 e. The molecule has 3 fully saturated rings. The second-order valence-corrected chi connectivity index (χ2v) is 34.9. The van der Waals surface area contributed by atoms with Gasteiger partial charge in [-0.2, -0.15) is 0 Å². The van der Waals surface area contributed by atoms with E-state index in [1.54, 1.807) is 5.57 Å². The second-order valence-electron chi connectivity index (χ2n) is 20.7. The van der Waals surface area contributed by atoms with Gasteiger partial charge < -0.3 is 13.3 Å². The van der Waals surface area contributed by atoms with Gasteiger partial charge in [0.15, 0.2) is 25.0 Å². The van der Waals surface area contributed by atoms with E-state index in [9.17, 15) is 0 Å². The standard InChI is InChI=1S/C50H94O3Si3/c1-16-26-27-30-42-46(51-54(17-2,18-3)19-4)38-40-31-32-41-44-34-33-43(39(11)29-28-36-48(12,13)53-56(23-8,24-9)25-10)49(44,14)37-35-45(41)50(40,15)47(42)52-55(20-5,21-6)22-7/h16,31-32,39,42-47H,1,17-30,33-38H2,2-15H3/t39-,42-,43-,44+,45+,46-,47+,49-,50+/m1/s1. The van der Waals surface area contributed by atoms with Crippen LogP contribution < -0.4 is 0 Å². The summed E-state index contributed by atoms with van der Waals surface area (Å²) in [5.74, 6) is 3.31. The van der Waals surface area contributed by atoms with Gasteiger partial charge in [0.1, 0.15) is 0 Å². The first-order valence-electron chi connectivity index (χ1n) is 24.6. The second kappa shape index (κ2) is 20.1. The Morgan fingerprint density at radius 2 is 1.34 bits per heavy atom. The van der Waals surface area contributed by atoms with Crippen molar-refractivity contribution in [3.8, 4) is 0 Å². The minimum absolute atomic E-state index is 0.00614. The minimum Gasteiger partial charge on any atom is -0.413 e. The molecule has 0 unspecified atom stereocenters. The van der Waals surface area contributed by atoms with Crippen LogP contribution in [0.1, 0.15) is 168 Å². The van der Waals surface area contributed by atoms with Gasteiger partial charge in [0.2, 0.25) is 0 Å². The van der Waals surface area contributed by atoms with E-state index in [0.29, 0.717) is 23.2 Å². The summed E-state index contributed by atoms with van der Waals surface area (Å²) in [6.45, 7) is 38.6. The van der Waals surface area contributed by atoms with Crippen LogP contribution in [-0.2, 0) is 13.3 Å². The van der Waals surface area contributed by atoms with E-state index in [2.05, 4.69) is 122 Å². The van der Waals surface area contributed by atoms with Gasteiger partial charge in [-0.25, -0.2) is 0 Å². The van der Waals surface area contributed by atoms with E-state index in [1.807, 2.05) is 5.57 Å². The molecule has 4 rings (SSSR count). The summed E-state index contributed by atoms with van der Waals surface area (Å²) < 4.78 is 22.7. The number of rotatable bonds is 24. The van der Waals surface area contributed by atoms with E-state index in [-0.39, 0.29) is 23.2 Å². The Kier molecular flexibility index (Phi) is 17.4. The van der Waals surface area contributed by atoms with Gasteiger partial charge in [-0.15, -0.1) is 6.58 Å². The summed E-state index contributed by atoms with van der Waals surface area (Å²) in [5.41, 5.74) is 3.90. The zero-order chi connectivity index (χ0) is 41.6. The molecule has 0 saturated heterocycles. The molecule has 3 saturated carbocycles. The lowest BCUT2D eigenvalue weighted by molar-refractivity contribution is -0.0881. The number of hydrogen-bond donors (Lipinski definition) is 0. The molecule has 0 heterocycles. The SMILES string of the molecule is C=CCCC[C@@H]1[C@H](O[Si](CC)(CC)CC)CC2=CC=C3[C@@H]4CC[C@H]([C@H](C)CCCC(C)(C)O[Si](CC)(CC)CC)[C@@]4(C)CC[C@@H]3[C@@]2(C)[C@H]1O[Si](CC)(CC)CC. The first kappa shape index (κ1) is 48.4. The van der Waals surface area contributed by atoms with Crippen molar-refractivity contribution in [2.45, 2.75) is 240 Å². The lowest BCUT2D eigenvalue weighted by atomic mass is 9.48. The van der Waals surface area contributed by atoms with Gasteiger partial charge in [-0.05, 0) is 155 Å². The molecule has 0 N–H and O–H groups in total. The van der Waals surface area contributed by atoms with Crippen LogP contribution in [0.3, 0.4) is 0 Å². The van der Waals surface area contributed by atoms with Crippen molar-refractivity contribution >= 4 is 25.0 Å². The van der Waals surface area contributed by atoms with Crippen LogP contribution >= 0.6 is 0 Å². The normalized spacial score (nSPS) is 31.6. The van der Waals surface area contributed by atoms with E-state index in [1.165, 1.54) is 112 Å². The van der Waals surface area contributed by atoms with Crippen LogP contribution in [0.4, 0.5) is 0 Å². The van der Waals surface area contributed by atoms with Crippen LogP contribution in [0.25, 0.3) is 0 Å². The van der Waals surface area contributed by atoms with Crippen LogP contribution in [-0.4, -0.2) is 42.8 Å². The van der Waals surface area contributed by atoms with Crippen molar-refractivity contribution in [1.82, 2.24) is 0 Å². The van der Waals surface area contributed by atoms with E-state index in [0.717, 1.165) is 24.7 Å². The van der Waals surface area contributed by atoms with Gasteiger partial charge in [-0.3, -0.25) is 0 Å². The zero-order valence-electron chi connectivity index (χ0n) is 39.8. The highest BCUT2D eigenvalue weighted by molar-refractivity contribution is 6.74. The molecule has 0 aromatic heterocycles. The Morgan fingerprint density at radius 1 is 0.768 bits per heavy atom. The monoisotopic (exact) mass is 827 g/mol. The van der Waals surface area contributed by atoms with Crippen molar-refractivity contribution in [1.29, 1.82) is 0 Å². The summed E-state index contributed by atoms with van der Waals surface area (Å²) >= 11 is 0. The highest BCUT2D eigenvalue weighted by Gasteiger charge is 2.62. The van der Waals surface area contributed by atoms with Gasteiger partial charge >= 0.3 is 0 Å². The maximum Gasteiger partial charge on any atom is 0.192 e. The lowest BCUT2D eigenvalue weighted by Gasteiger charge is -2.61. The van der Waals surface area contributed by atoms with Crippen LogP contribution in [0.15, 0.2) is 36.0 Å². The van der Waals surface area contributed by atoms with Gasteiger partial charge in [0, 0.05) is 11.3 Å².